The van der Waals surface area contributed by atoms with E-state index >= 15 is 0 Å². The maximum Gasteiger partial charge on any atom is 0.348 e. The first kappa shape index (κ1) is 10.9. The lowest BCUT2D eigenvalue weighted by Gasteiger charge is -2.07. The molecule has 0 unspecified atom stereocenters. The minimum Gasteiger partial charge on any atom is -0.478 e. The van der Waals surface area contributed by atoms with E-state index in [9.17, 15) is 9.59 Å². The Bertz CT molecular complexity index is 475. The Morgan fingerprint density at radius 2 is 2.31 bits per heavy atom. The van der Waals surface area contributed by atoms with Crippen molar-refractivity contribution < 1.29 is 9.90 Å². The van der Waals surface area contributed by atoms with Crippen LogP contribution in [0.4, 0.5) is 0 Å². The van der Waals surface area contributed by atoms with E-state index in [-0.39, 0.29) is 17.3 Å². The summed E-state index contributed by atoms with van der Waals surface area (Å²) in [6.45, 7) is 1.93. The molecule has 1 aromatic rings. The van der Waals surface area contributed by atoms with Gasteiger partial charge in [0.1, 0.15) is 0 Å². The SMILES string of the molecule is CCCc1nc(=O)n(C2CC2)cc1C(=O)O. The standard InChI is InChI=1S/C11H14N2O3/c1-2-3-9-8(10(14)15)6-13(7-4-5-7)11(16)12-9/h6-7H,2-5H2,1H3,(H,14,15). The summed E-state index contributed by atoms with van der Waals surface area (Å²) in [6.07, 6.45) is 4.63. The third kappa shape index (κ3) is 1.98. The zero-order valence-corrected chi connectivity index (χ0v) is 9.14. The summed E-state index contributed by atoms with van der Waals surface area (Å²) in [4.78, 5) is 26.5. The smallest absolute Gasteiger partial charge is 0.348 e. The highest BCUT2D eigenvalue weighted by Gasteiger charge is 2.26. The van der Waals surface area contributed by atoms with E-state index in [1.807, 2.05) is 6.92 Å². The predicted molar refractivity (Wildman–Crippen MR) is 57.7 cm³/mol. The molecule has 1 aromatic heterocycles. The molecule has 0 aliphatic heterocycles. The van der Waals surface area contributed by atoms with Crippen molar-refractivity contribution in [3.63, 3.8) is 0 Å². The summed E-state index contributed by atoms with van der Waals surface area (Å²) in [5.74, 6) is -1.01. The van der Waals surface area contributed by atoms with Gasteiger partial charge in [0.25, 0.3) is 0 Å². The van der Waals surface area contributed by atoms with Crippen LogP contribution in [0.25, 0.3) is 0 Å². The summed E-state index contributed by atoms with van der Waals surface area (Å²) in [6, 6.07) is 0.161. The highest BCUT2D eigenvalue weighted by Crippen LogP contribution is 2.33. The first-order chi connectivity index (χ1) is 7.63. The molecule has 1 N–H and O–H groups in total. The Morgan fingerprint density at radius 3 is 2.81 bits per heavy atom. The first-order valence-corrected chi connectivity index (χ1v) is 5.48. The van der Waals surface area contributed by atoms with E-state index in [1.54, 1.807) is 0 Å². The second-order valence-corrected chi connectivity index (χ2v) is 4.08. The van der Waals surface area contributed by atoms with Crippen LogP contribution in [0.5, 0.6) is 0 Å². The van der Waals surface area contributed by atoms with Crippen molar-refractivity contribution in [2.24, 2.45) is 0 Å². The Hall–Kier alpha value is -1.65. The summed E-state index contributed by atoms with van der Waals surface area (Å²) in [5, 5.41) is 9.05. The number of nitrogens with zero attached hydrogens (tertiary/aromatic N) is 2. The quantitative estimate of drug-likeness (QED) is 0.831. The second-order valence-electron chi connectivity index (χ2n) is 4.08. The van der Waals surface area contributed by atoms with Crippen LogP contribution in [0.2, 0.25) is 0 Å². The number of aromatic carboxylic acids is 1. The summed E-state index contributed by atoms with van der Waals surface area (Å²) in [7, 11) is 0. The van der Waals surface area contributed by atoms with E-state index in [0.29, 0.717) is 12.1 Å². The van der Waals surface area contributed by atoms with Crippen LogP contribution in [0.1, 0.15) is 48.3 Å². The van der Waals surface area contributed by atoms with E-state index in [0.717, 1.165) is 19.3 Å². The zero-order chi connectivity index (χ0) is 11.7. The molecule has 0 radical (unpaired) electrons. The Morgan fingerprint density at radius 1 is 1.62 bits per heavy atom. The fourth-order valence-electron chi connectivity index (χ4n) is 1.72. The largest absolute Gasteiger partial charge is 0.478 e. The molecule has 1 fully saturated rings. The summed E-state index contributed by atoms with van der Waals surface area (Å²) in [5.41, 5.74) is 0.237. The third-order valence-corrected chi connectivity index (χ3v) is 2.69. The van der Waals surface area contributed by atoms with Crippen LogP contribution in [-0.2, 0) is 6.42 Å². The van der Waals surface area contributed by atoms with Gasteiger partial charge in [-0.2, -0.15) is 4.98 Å². The number of hydrogen-bond acceptors (Lipinski definition) is 3. The Balaban J connectivity index is 2.49. The van der Waals surface area contributed by atoms with Gasteiger partial charge in [-0.15, -0.1) is 0 Å². The average molecular weight is 222 g/mol. The molecule has 5 nitrogen and oxygen atoms in total. The van der Waals surface area contributed by atoms with Gasteiger partial charge in [0.15, 0.2) is 0 Å². The lowest BCUT2D eigenvalue weighted by atomic mass is 10.1. The van der Waals surface area contributed by atoms with Gasteiger partial charge in [0, 0.05) is 12.2 Å². The molecular formula is C11H14N2O3. The maximum absolute atomic E-state index is 11.6. The van der Waals surface area contributed by atoms with Crippen LogP contribution in [0.15, 0.2) is 11.0 Å². The fourth-order valence-corrected chi connectivity index (χ4v) is 1.72. The average Bonchev–Trinajstić information content (AvgIpc) is 3.01. The van der Waals surface area contributed by atoms with E-state index in [1.165, 1.54) is 10.8 Å². The molecule has 86 valence electrons. The Kier molecular flexibility index (Phi) is 2.77. The number of aryl methyl sites for hydroxylation is 1. The van der Waals surface area contributed by atoms with Gasteiger partial charge in [0.05, 0.1) is 11.3 Å². The van der Waals surface area contributed by atoms with Crippen molar-refractivity contribution in [2.75, 3.05) is 0 Å². The van der Waals surface area contributed by atoms with Gasteiger partial charge in [-0.1, -0.05) is 13.3 Å². The molecule has 1 aliphatic carbocycles. The minimum atomic E-state index is -1.01. The molecule has 0 bridgehead atoms. The lowest BCUT2D eigenvalue weighted by molar-refractivity contribution is 0.0694. The number of carboxylic acid groups (broad SMARTS) is 1. The van der Waals surface area contributed by atoms with Crippen molar-refractivity contribution in [2.45, 2.75) is 38.6 Å². The van der Waals surface area contributed by atoms with Crippen molar-refractivity contribution in [1.29, 1.82) is 0 Å². The molecule has 5 heteroatoms. The highest BCUT2D eigenvalue weighted by molar-refractivity contribution is 5.88. The van der Waals surface area contributed by atoms with Gasteiger partial charge in [-0.05, 0) is 19.3 Å². The molecule has 1 aliphatic rings. The number of hydrogen-bond donors (Lipinski definition) is 1. The van der Waals surface area contributed by atoms with E-state index in [2.05, 4.69) is 4.98 Å². The summed E-state index contributed by atoms with van der Waals surface area (Å²) < 4.78 is 1.45. The van der Waals surface area contributed by atoms with Crippen LogP contribution in [0, 0.1) is 0 Å². The van der Waals surface area contributed by atoms with Gasteiger partial charge in [-0.3, -0.25) is 4.57 Å². The minimum absolute atomic E-state index is 0.161. The molecule has 0 spiro atoms. The Labute approximate surface area is 92.7 Å². The third-order valence-electron chi connectivity index (χ3n) is 2.69. The molecule has 1 heterocycles. The van der Waals surface area contributed by atoms with Crippen LogP contribution in [-0.4, -0.2) is 20.6 Å². The summed E-state index contributed by atoms with van der Waals surface area (Å²) >= 11 is 0. The molecule has 0 amide bonds. The molecule has 1 saturated carbocycles. The molecule has 0 saturated heterocycles. The van der Waals surface area contributed by atoms with Gasteiger partial charge in [-0.25, -0.2) is 9.59 Å². The topological polar surface area (TPSA) is 72.2 Å². The van der Waals surface area contributed by atoms with E-state index in [4.69, 9.17) is 5.11 Å². The lowest BCUT2D eigenvalue weighted by Crippen LogP contribution is -2.26. The molecule has 16 heavy (non-hydrogen) atoms. The number of rotatable bonds is 4. The van der Waals surface area contributed by atoms with E-state index < -0.39 is 5.97 Å². The van der Waals surface area contributed by atoms with Gasteiger partial charge in [0.2, 0.25) is 0 Å². The molecular weight excluding hydrogens is 208 g/mol. The monoisotopic (exact) mass is 222 g/mol. The van der Waals surface area contributed by atoms with Crippen molar-refractivity contribution in [3.05, 3.63) is 27.9 Å². The first-order valence-electron chi connectivity index (χ1n) is 5.48. The van der Waals surface area contributed by atoms with Crippen LogP contribution >= 0.6 is 0 Å². The van der Waals surface area contributed by atoms with Crippen molar-refractivity contribution in [3.8, 4) is 0 Å². The molecule has 0 atom stereocenters. The maximum atomic E-state index is 11.6. The molecule has 0 aromatic carbocycles. The van der Waals surface area contributed by atoms with Crippen LogP contribution < -0.4 is 5.69 Å². The van der Waals surface area contributed by atoms with Crippen molar-refractivity contribution in [1.82, 2.24) is 9.55 Å². The highest BCUT2D eigenvalue weighted by atomic mass is 16.4. The molecule has 2 rings (SSSR count). The second kappa shape index (κ2) is 4.08. The normalized spacial score (nSPS) is 15.1. The van der Waals surface area contributed by atoms with Crippen LogP contribution in [0.3, 0.4) is 0 Å². The number of carboxylic acids is 1. The number of carbonyl (C=O) groups is 1. The van der Waals surface area contributed by atoms with Crippen molar-refractivity contribution >= 4 is 5.97 Å². The van der Waals surface area contributed by atoms with Gasteiger partial charge >= 0.3 is 11.7 Å². The number of aromatic nitrogens is 2. The fraction of sp³-hybridized carbons (Fsp3) is 0.545. The predicted octanol–water partition coefficient (Wildman–Crippen LogP) is 1.23. The zero-order valence-electron chi connectivity index (χ0n) is 9.14. The van der Waals surface area contributed by atoms with Gasteiger partial charge < -0.3 is 5.11 Å².